The van der Waals surface area contributed by atoms with E-state index in [1.807, 2.05) is 12.1 Å². The Hall–Kier alpha value is -1.04. The zero-order valence-corrected chi connectivity index (χ0v) is 10.5. The maximum Gasteiger partial charge on any atom is 0.236 e. The number of rotatable bonds is 5. The number of benzene rings is 1. The molecule has 0 aliphatic rings. The van der Waals surface area contributed by atoms with Gasteiger partial charge < -0.3 is 9.63 Å². The van der Waals surface area contributed by atoms with Crippen molar-refractivity contribution >= 4 is 23.4 Å². The summed E-state index contributed by atoms with van der Waals surface area (Å²) in [6, 6.07) is 7.26. The second-order valence-electron chi connectivity index (χ2n) is 3.29. The van der Waals surface area contributed by atoms with Gasteiger partial charge in [-0.05, 0) is 24.3 Å². The van der Waals surface area contributed by atoms with Gasteiger partial charge in [0.2, 0.25) is 11.7 Å². The maximum absolute atomic E-state index is 8.65. The first-order valence-electron chi connectivity index (χ1n) is 5.06. The molecule has 17 heavy (non-hydrogen) atoms. The minimum atomic E-state index is 0.156. The van der Waals surface area contributed by atoms with E-state index in [1.165, 1.54) is 0 Å². The van der Waals surface area contributed by atoms with Crippen molar-refractivity contribution in [2.24, 2.45) is 0 Å². The van der Waals surface area contributed by atoms with Crippen LogP contribution in [0.25, 0.3) is 11.4 Å². The van der Waals surface area contributed by atoms with Gasteiger partial charge in [-0.3, -0.25) is 0 Å². The number of halogens is 1. The number of thioether (sulfide) groups is 1. The Bertz CT molecular complexity index is 473. The molecule has 0 atom stereocenters. The van der Waals surface area contributed by atoms with Crippen LogP contribution in [0.4, 0.5) is 0 Å². The molecule has 0 bridgehead atoms. The number of hydrogen-bond donors (Lipinski definition) is 1. The summed E-state index contributed by atoms with van der Waals surface area (Å²) >= 11 is 7.35. The SMILES string of the molecule is OCCSCc1nc(-c2ccc(Cl)cc2)no1. The van der Waals surface area contributed by atoms with E-state index in [0.29, 0.717) is 28.2 Å². The third kappa shape index (κ3) is 3.46. The molecular weight excluding hydrogens is 260 g/mol. The van der Waals surface area contributed by atoms with Crippen molar-refractivity contribution in [2.75, 3.05) is 12.4 Å². The molecule has 0 spiro atoms. The topological polar surface area (TPSA) is 59.2 Å². The molecule has 0 fully saturated rings. The van der Waals surface area contributed by atoms with Crippen LogP contribution in [0.15, 0.2) is 28.8 Å². The lowest BCUT2D eigenvalue weighted by Gasteiger charge is -1.93. The fourth-order valence-electron chi connectivity index (χ4n) is 1.25. The average molecular weight is 271 g/mol. The predicted octanol–water partition coefficient (Wildman–Crippen LogP) is 2.62. The van der Waals surface area contributed by atoms with Crippen molar-refractivity contribution in [3.63, 3.8) is 0 Å². The van der Waals surface area contributed by atoms with Gasteiger partial charge in [0.15, 0.2) is 0 Å². The average Bonchev–Trinajstić information content (AvgIpc) is 2.79. The normalized spacial score (nSPS) is 10.7. The minimum absolute atomic E-state index is 0.156. The van der Waals surface area contributed by atoms with Gasteiger partial charge in [0.25, 0.3) is 0 Å². The lowest BCUT2D eigenvalue weighted by atomic mass is 10.2. The molecule has 0 radical (unpaired) electrons. The highest BCUT2D eigenvalue weighted by molar-refractivity contribution is 7.98. The number of aliphatic hydroxyl groups excluding tert-OH is 1. The van der Waals surface area contributed by atoms with E-state index in [0.717, 1.165) is 5.56 Å². The van der Waals surface area contributed by atoms with Crippen LogP contribution in [0.1, 0.15) is 5.89 Å². The largest absolute Gasteiger partial charge is 0.396 e. The van der Waals surface area contributed by atoms with Crippen LogP contribution in [0.2, 0.25) is 5.02 Å². The Morgan fingerprint density at radius 3 is 2.76 bits per heavy atom. The molecule has 0 saturated carbocycles. The summed E-state index contributed by atoms with van der Waals surface area (Å²) in [6.45, 7) is 0.156. The van der Waals surface area contributed by atoms with Gasteiger partial charge in [0, 0.05) is 16.3 Å². The lowest BCUT2D eigenvalue weighted by molar-refractivity contribution is 0.322. The molecule has 0 aliphatic carbocycles. The fourth-order valence-corrected chi connectivity index (χ4v) is 1.95. The summed E-state index contributed by atoms with van der Waals surface area (Å²) in [5.74, 6) is 2.40. The molecule has 90 valence electrons. The van der Waals surface area contributed by atoms with Gasteiger partial charge in [0.05, 0.1) is 12.4 Å². The second-order valence-corrected chi connectivity index (χ2v) is 4.84. The van der Waals surface area contributed by atoms with Crippen LogP contribution < -0.4 is 0 Å². The molecule has 6 heteroatoms. The highest BCUT2D eigenvalue weighted by atomic mass is 35.5. The standard InChI is InChI=1S/C11H11ClN2O2S/c12-9-3-1-8(2-4-9)11-13-10(16-14-11)7-17-6-5-15/h1-4,15H,5-7H2. The molecule has 0 unspecified atom stereocenters. The summed E-state index contributed by atoms with van der Waals surface area (Å²) in [5.41, 5.74) is 0.872. The first-order valence-corrected chi connectivity index (χ1v) is 6.60. The number of aromatic nitrogens is 2. The summed E-state index contributed by atoms with van der Waals surface area (Å²) in [4.78, 5) is 4.26. The van der Waals surface area contributed by atoms with Crippen LogP contribution in [0.5, 0.6) is 0 Å². The molecule has 0 amide bonds. The van der Waals surface area contributed by atoms with Crippen LogP contribution in [-0.4, -0.2) is 27.6 Å². The quantitative estimate of drug-likeness (QED) is 0.847. The van der Waals surface area contributed by atoms with Gasteiger partial charge in [-0.15, -0.1) is 11.8 Å². The van der Waals surface area contributed by atoms with E-state index >= 15 is 0 Å². The van der Waals surface area contributed by atoms with Crippen LogP contribution in [0, 0.1) is 0 Å². The molecule has 4 nitrogen and oxygen atoms in total. The van der Waals surface area contributed by atoms with Gasteiger partial charge in [-0.25, -0.2) is 0 Å². The van der Waals surface area contributed by atoms with Crippen LogP contribution >= 0.6 is 23.4 Å². The molecule has 0 saturated heterocycles. The van der Waals surface area contributed by atoms with Crippen molar-refractivity contribution < 1.29 is 9.63 Å². The first-order chi connectivity index (χ1) is 8.29. The molecular formula is C11H11ClN2O2S. The van der Waals surface area contributed by atoms with Crippen molar-refractivity contribution in [1.82, 2.24) is 10.1 Å². The van der Waals surface area contributed by atoms with E-state index in [9.17, 15) is 0 Å². The van der Waals surface area contributed by atoms with Gasteiger partial charge in [-0.1, -0.05) is 16.8 Å². The van der Waals surface area contributed by atoms with E-state index in [2.05, 4.69) is 10.1 Å². The monoisotopic (exact) mass is 270 g/mol. The summed E-state index contributed by atoms with van der Waals surface area (Å²) in [5, 5.41) is 13.2. The zero-order valence-electron chi connectivity index (χ0n) is 8.97. The Balaban J connectivity index is 2.04. The molecule has 1 heterocycles. The van der Waals surface area contributed by atoms with Crippen molar-refractivity contribution in [2.45, 2.75) is 5.75 Å². The third-order valence-corrected chi connectivity index (χ3v) is 3.21. The Morgan fingerprint density at radius 2 is 2.06 bits per heavy atom. The molecule has 1 aromatic carbocycles. The van der Waals surface area contributed by atoms with Crippen LogP contribution in [-0.2, 0) is 5.75 Å². The summed E-state index contributed by atoms with van der Waals surface area (Å²) < 4.78 is 5.10. The smallest absolute Gasteiger partial charge is 0.236 e. The maximum atomic E-state index is 8.65. The number of nitrogens with zero attached hydrogens (tertiary/aromatic N) is 2. The highest BCUT2D eigenvalue weighted by Crippen LogP contribution is 2.19. The molecule has 1 aromatic heterocycles. The fraction of sp³-hybridized carbons (Fsp3) is 0.273. The van der Waals surface area contributed by atoms with Gasteiger partial charge in [0.1, 0.15) is 0 Å². The first kappa shape index (κ1) is 12.4. The highest BCUT2D eigenvalue weighted by Gasteiger charge is 2.08. The summed E-state index contributed by atoms with van der Waals surface area (Å²) in [7, 11) is 0. The third-order valence-electron chi connectivity index (χ3n) is 2.03. The summed E-state index contributed by atoms with van der Waals surface area (Å²) in [6.07, 6.45) is 0. The van der Waals surface area contributed by atoms with Gasteiger partial charge >= 0.3 is 0 Å². The van der Waals surface area contributed by atoms with E-state index < -0.39 is 0 Å². The lowest BCUT2D eigenvalue weighted by Crippen LogP contribution is -1.88. The van der Waals surface area contributed by atoms with Crippen molar-refractivity contribution in [3.05, 3.63) is 35.2 Å². The number of aliphatic hydroxyl groups is 1. The molecule has 1 N–H and O–H groups in total. The van der Waals surface area contributed by atoms with Crippen LogP contribution in [0.3, 0.4) is 0 Å². The van der Waals surface area contributed by atoms with E-state index in [4.69, 9.17) is 21.2 Å². The Labute approximate surface area is 108 Å². The minimum Gasteiger partial charge on any atom is -0.396 e. The molecule has 2 rings (SSSR count). The predicted molar refractivity (Wildman–Crippen MR) is 68.0 cm³/mol. The van der Waals surface area contributed by atoms with E-state index in [-0.39, 0.29) is 6.61 Å². The van der Waals surface area contributed by atoms with Gasteiger partial charge in [-0.2, -0.15) is 4.98 Å². The van der Waals surface area contributed by atoms with Crippen molar-refractivity contribution in [3.8, 4) is 11.4 Å². The van der Waals surface area contributed by atoms with Crippen molar-refractivity contribution in [1.29, 1.82) is 0 Å². The molecule has 2 aromatic rings. The Morgan fingerprint density at radius 1 is 1.29 bits per heavy atom. The zero-order chi connectivity index (χ0) is 12.1. The molecule has 0 aliphatic heterocycles. The Kier molecular flexibility index (Phi) is 4.42. The van der Waals surface area contributed by atoms with E-state index in [1.54, 1.807) is 23.9 Å². The second kappa shape index (κ2) is 6.05. The number of hydrogen-bond acceptors (Lipinski definition) is 5.